The Morgan fingerprint density at radius 1 is 1.11 bits per heavy atom. The van der Waals surface area contributed by atoms with Crippen LogP contribution in [-0.2, 0) is 24.8 Å². The molecule has 6 heteroatoms. The van der Waals surface area contributed by atoms with Gasteiger partial charge in [0.15, 0.2) is 11.0 Å². The first-order valence-corrected chi connectivity index (χ1v) is 10.4. The van der Waals surface area contributed by atoms with E-state index in [-0.39, 0.29) is 5.91 Å². The molecule has 0 aliphatic rings. The lowest BCUT2D eigenvalue weighted by molar-refractivity contribution is -0.127. The van der Waals surface area contributed by atoms with E-state index in [0.29, 0.717) is 12.3 Å². The number of amides is 1. The van der Waals surface area contributed by atoms with E-state index in [9.17, 15) is 4.79 Å². The van der Waals surface area contributed by atoms with Crippen LogP contribution in [0.15, 0.2) is 53.7 Å². The summed E-state index contributed by atoms with van der Waals surface area (Å²) in [7, 11) is 3.77. The quantitative estimate of drug-likeness (QED) is 0.566. The third-order valence-corrected chi connectivity index (χ3v) is 5.72. The van der Waals surface area contributed by atoms with Gasteiger partial charge in [-0.3, -0.25) is 4.79 Å². The second kappa shape index (κ2) is 9.06. The molecule has 0 aliphatic carbocycles. The highest BCUT2D eigenvalue weighted by Crippen LogP contribution is 2.23. The molecular formula is C22H26N4OS. The smallest absolute Gasteiger partial charge is 0.233 e. The molecule has 3 aromatic rings. The molecule has 0 radical (unpaired) electrons. The Bertz CT molecular complexity index is 949. The maximum Gasteiger partial charge on any atom is 0.233 e. The fourth-order valence-electron chi connectivity index (χ4n) is 2.96. The van der Waals surface area contributed by atoms with E-state index in [1.807, 2.05) is 30.8 Å². The van der Waals surface area contributed by atoms with Gasteiger partial charge in [-0.2, -0.15) is 0 Å². The van der Waals surface area contributed by atoms with Crippen LogP contribution in [0.3, 0.4) is 0 Å². The second-order valence-electron chi connectivity index (χ2n) is 6.94. The monoisotopic (exact) mass is 394 g/mol. The number of carbonyl (C=O) groups is 1. The zero-order chi connectivity index (χ0) is 20.1. The molecule has 1 amide bonds. The fourth-order valence-corrected chi connectivity index (χ4v) is 3.81. The fraction of sp³-hybridized carbons (Fsp3) is 0.318. The molecular weight excluding hydrogens is 368 g/mol. The molecule has 0 saturated heterocycles. The number of hydrogen-bond acceptors (Lipinski definition) is 4. The molecule has 28 heavy (non-hydrogen) atoms. The van der Waals surface area contributed by atoms with Crippen LogP contribution < -0.4 is 0 Å². The maximum absolute atomic E-state index is 12.5. The Morgan fingerprint density at radius 3 is 2.50 bits per heavy atom. The summed E-state index contributed by atoms with van der Waals surface area (Å²) in [6.07, 6.45) is 1.02. The number of hydrogen-bond donors (Lipinski definition) is 0. The van der Waals surface area contributed by atoms with E-state index in [2.05, 4.69) is 60.4 Å². The van der Waals surface area contributed by atoms with E-state index >= 15 is 0 Å². The molecule has 0 saturated carbocycles. The first-order chi connectivity index (χ1) is 13.5. The summed E-state index contributed by atoms with van der Waals surface area (Å²) in [5, 5.41) is 9.30. The van der Waals surface area contributed by atoms with Gasteiger partial charge in [-0.15, -0.1) is 10.2 Å². The number of aromatic nitrogens is 3. The Balaban J connectivity index is 1.59. The molecule has 5 nitrogen and oxygen atoms in total. The lowest BCUT2D eigenvalue weighted by Gasteiger charge is -2.17. The summed E-state index contributed by atoms with van der Waals surface area (Å²) < 4.78 is 1.94. The van der Waals surface area contributed by atoms with Gasteiger partial charge in [-0.1, -0.05) is 66.7 Å². The topological polar surface area (TPSA) is 51.0 Å². The molecule has 0 aliphatic heterocycles. The third-order valence-electron chi connectivity index (χ3n) is 4.71. The van der Waals surface area contributed by atoms with Gasteiger partial charge in [0.25, 0.3) is 0 Å². The minimum Gasteiger partial charge on any atom is -0.341 e. The molecule has 146 valence electrons. The number of nitrogens with zero attached hydrogens (tertiary/aromatic N) is 4. The predicted octanol–water partition coefficient (Wildman–Crippen LogP) is 4.10. The molecule has 0 N–H and O–H groups in total. The molecule has 0 unspecified atom stereocenters. The summed E-state index contributed by atoms with van der Waals surface area (Å²) in [5.41, 5.74) is 4.65. The molecule has 1 heterocycles. The van der Waals surface area contributed by atoms with Gasteiger partial charge in [0, 0.05) is 26.2 Å². The summed E-state index contributed by atoms with van der Waals surface area (Å²) in [6, 6.07) is 16.6. The van der Waals surface area contributed by atoms with E-state index in [1.165, 1.54) is 22.9 Å². The van der Waals surface area contributed by atoms with Gasteiger partial charge in [0.2, 0.25) is 5.91 Å². The second-order valence-corrected chi connectivity index (χ2v) is 7.89. The highest BCUT2D eigenvalue weighted by molar-refractivity contribution is 7.99. The van der Waals surface area contributed by atoms with Crippen molar-refractivity contribution in [1.82, 2.24) is 19.7 Å². The molecule has 2 aromatic carbocycles. The minimum absolute atomic E-state index is 0.0738. The van der Waals surface area contributed by atoms with E-state index in [1.54, 1.807) is 4.90 Å². The zero-order valence-electron chi connectivity index (χ0n) is 16.8. The first kappa shape index (κ1) is 20.1. The van der Waals surface area contributed by atoms with Crippen molar-refractivity contribution >= 4 is 17.7 Å². The van der Waals surface area contributed by atoms with Crippen LogP contribution in [0.25, 0.3) is 11.4 Å². The number of carbonyl (C=O) groups excluding carboxylic acids is 1. The van der Waals surface area contributed by atoms with Crippen molar-refractivity contribution in [3.8, 4) is 11.4 Å². The van der Waals surface area contributed by atoms with Gasteiger partial charge in [-0.25, -0.2) is 0 Å². The highest BCUT2D eigenvalue weighted by atomic mass is 32.2. The standard InChI is InChI=1S/C22H26N4OS/c1-5-17-9-11-18(12-10-17)14-25(3)20(27)15-28-22-24-23-21(26(22)4)19-8-6-7-16(2)13-19/h6-13H,5,14-15H2,1-4H3. The van der Waals surface area contributed by atoms with Crippen LogP contribution in [0, 0.1) is 6.92 Å². The van der Waals surface area contributed by atoms with Gasteiger partial charge in [-0.05, 0) is 30.5 Å². The first-order valence-electron chi connectivity index (χ1n) is 9.39. The van der Waals surface area contributed by atoms with E-state index in [0.717, 1.165) is 28.5 Å². The molecule has 3 rings (SSSR count). The number of thioether (sulfide) groups is 1. The number of benzene rings is 2. The molecule has 0 bridgehead atoms. The Kier molecular flexibility index (Phi) is 6.52. The lowest BCUT2D eigenvalue weighted by Crippen LogP contribution is -2.27. The Morgan fingerprint density at radius 2 is 1.82 bits per heavy atom. The van der Waals surface area contributed by atoms with Gasteiger partial charge >= 0.3 is 0 Å². The molecule has 0 fully saturated rings. The van der Waals surface area contributed by atoms with Crippen molar-refractivity contribution in [2.24, 2.45) is 7.05 Å². The Labute approximate surface area is 170 Å². The highest BCUT2D eigenvalue weighted by Gasteiger charge is 2.15. The summed E-state index contributed by atoms with van der Waals surface area (Å²) in [5.74, 6) is 1.22. The van der Waals surface area contributed by atoms with Crippen molar-refractivity contribution in [1.29, 1.82) is 0 Å². The average Bonchev–Trinajstić information content (AvgIpc) is 3.07. The average molecular weight is 395 g/mol. The molecule has 0 spiro atoms. The summed E-state index contributed by atoms with van der Waals surface area (Å²) in [6.45, 7) is 4.80. The lowest BCUT2D eigenvalue weighted by atomic mass is 10.1. The molecule has 1 aromatic heterocycles. The third kappa shape index (κ3) is 4.81. The number of aryl methyl sites for hydroxylation is 2. The van der Waals surface area contributed by atoms with Crippen molar-refractivity contribution in [2.75, 3.05) is 12.8 Å². The van der Waals surface area contributed by atoms with Crippen LogP contribution in [-0.4, -0.2) is 38.4 Å². The van der Waals surface area contributed by atoms with Gasteiger partial charge in [0.05, 0.1) is 5.75 Å². The maximum atomic E-state index is 12.5. The largest absolute Gasteiger partial charge is 0.341 e. The predicted molar refractivity (Wildman–Crippen MR) is 114 cm³/mol. The zero-order valence-corrected chi connectivity index (χ0v) is 17.7. The van der Waals surface area contributed by atoms with Crippen LogP contribution in [0.2, 0.25) is 0 Å². The van der Waals surface area contributed by atoms with Gasteiger partial charge < -0.3 is 9.47 Å². The van der Waals surface area contributed by atoms with Crippen LogP contribution in [0.5, 0.6) is 0 Å². The minimum atomic E-state index is 0.0738. The van der Waals surface area contributed by atoms with Crippen LogP contribution in [0.4, 0.5) is 0 Å². The summed E-state index contributed by atoms with van der Waals surface area (Å²) >= 11 is 1.42. The van der Waals surface area contributed by atoms with Crippen molar-refractivity contribution < 1.29 is 4.79 Å². The SMILES string of the molecule is CCc1ccc(CN(C)C(=O)CSc2nnc(-c3cccc(C)c3)n2C)cc1. The summed E-state index contributed by atoms with van der Waals surface area (Å²) in [4.78, 5) is 14.3. The van der Waals surface area contributed by atoms with Crippen molar-refractivity contribution in [2.45, 2.75) is 32.0 Å². The van der Waals surface area contributed by atoms with E-state index in [4.69, 9.17) is 0 Å². The van der Waals surface area contributed by atoms with Crippen molar-refractivity contribution in [3.63, 3.8) is 0 Å². The van der Waals surface area contributed by atoms with Gasteiger partial charge in [0.1, 0.15) is 0 Å². The van der Waals surface area contributed by atoms with E-state index < -0.39 is 0 Å². The van der Waals surface area contributed by atoms with Crippen LogP contribution >= 0.6 is 11.8 Å². The van der Waals surface area contributed by atoms with Crippen molar-refractivity contribution in [3.05, 3.63) is 65.2 Å². The normalized spacial score (nSPS) is 10.9. The Hall–Kier alpha value is -2.60. The number of rotatable bonds is 7. The van der Waals surface area contributed by atoms with Crippen LogP contribution in [0.1, 0.15) is 23.6 Å². The molecule has 0 atom stereocenters.